The van der Waals surface area contributed by atoms with Crippen LogP contribution in [0.5, 0.6) is 0 Å². The normalized spacial score (nSPS) is 10.5. The number of aliphatic hydroxyl groups is 1. The maximum atomic E-state index is 8.88. The van der Waals surface area contributed by atoms with E-state index < -0.39 is 0 Å². The Bertz CT molecular complexity index is 455. The van der Waals surface area contributed by atoms with Gasteiger partial charge in [0, 0.05) is 4.90 Å². The van der Waals surface area contributed by atoms with Crippen molar-refractivity contribution in [3.05, 3.63) is 36.2 Å². The molecule has 2 aromatic rings. The van der Waals surface area contributed by atoms with E-state index in [1.807, 2.05) is 30.5 Å². The van der Waals surface area contributed by atoms with Gasteiger partial charge < -0.3 is 5.11 Å². The Balaban J connectivity index is 2.35. The zero-order chi connectivity index (χ0) is 10.7. The second-order valence-electron chi connectivity index (χ2n) is 3.01. The molecule has 4 nitrogen and oxygen atoms in total. The largest absolute Gasteiger partial charge is 0.390 e. The van der Waals surface area contributed by atoms with Crippen LogP contribution in [0.3, 0.4) is 0 Å². The van der Waals surface area contributed by atoms with Crippen molar-refractivity contribution in [2.75, 3.05) is 6.26 Å². The molecule has 0 atom stereocenters. The third-order valence-corrected chi connectivity index (χ3v) is 2.75. The molecule has 15 heavy (non-hydrogen) atoms. The molecule has 0 spiro atoms. The molecule has 0 bridgehead atoms. The molecule has 0 fully saturated rings. The maximum absolute atomic E-state index is 8.88. The van der Waals surface area contributed by atoms with Crippen molar-refractivity contribution in [2.45, 2.75) is 11.5 Å². The van der Waals surface area contributed by atoms with E-state index in [-0.39, 0.29) is 6.61 Å². The lowest BCUT2D eigenvalue weighted by molar-refractivity contribution is 0.276. The van der Waals surface area contributed by atoms with Gasteiger partial charge in [-0.05, 0) is 24.5 Å². The molecule has 0 unspecified atom stereocenters. The van der Waals surface area contributed by atoms with E-state index >= 15 is 0 Å². The minimum absolute atomic E-state index is 0.0811. The number of aromatic nitrogens is 3. The first kappa shape index (κ1) is 10.2. The minimum Gasteiger partial charge on any atom is -0.390 e. The van der Waals surface area contributed by atoms with Crippen LogP contribution in [0.25, 0.3) is 5.69 Å². The summed E-state index contributed by atoms with van der Waals surface area (Å²) in [5, 5.41) is 16.6. The van der Waals surface area contributed by atoms with Crippen molar-refractivity contribution in [3.8, 4) is 5.69 Å². The van der Waals surface area contributed by atoms with Crippen molar-refractivity contribution < 1.29 is 5.11 Å². The van der Waals surface area contributed by atoms with E-state index in [9.17, 15) is 0 Å². The Morgan fingerprint density at radius 3 is 3.00 bits per heavy atom. The Kier molecular flexibility index (Phi) is 3.03. The van der Waals surface area contributed by atoms with Crippen molar-refractivity contribution in [1.29, 1.82) is 0 Å². The molecule has 1 N–H and O–H groups in total. The Morgan fingerprint density at radius 2 is 2.33 bits per heavy atom. The number of aliphatic hydroxyl groups excluding tert-OH is 1. The summed E-state index contributed by atoms with van der Waals surface area (Å²) >= 11 is 1.68. The third kappa shape index (κ3) is 2.19. The lowest BCUT2D eigenvalue weighted by atomic mass is 10.3. The number of hydrogen-bond donors (Lipinski definition) is 1. The molecule has 2 rings (SSSR count). The van der Waals surface area contributed by atoms with Gasteiger partial charge in [0.2, 0.25) is 0 Å². The Labute approximate surface area is 91.9 Å². The monoisotopic (exact) mass is 221 g/mol. The van der Waals surface area contributed by atoms with Crippen molar-refractivity contribution in [3.63, 3.8) is 0 Å². The van der Waals surface area contributed by atoms with Crippen LogP contribution in [0.15, 0.2) is 35.4 Å². The standard InChI is InChI=1S/C10H11N3OS/c1-15-10-4-2-3-9(5-10)13-6-8(7-14)11-12-13/h2-6,14H,7H2,1H3. The zero-order valence-electron chi connectivity index (χ0n) is 8.29. The lowest BCUT2D eigenvalue weighted by Crippen LogP contribution is -1.94. The fraction of sp³-hybridized carbons (Fsp3) is 0.200. The highest BCUT2D eigenvalue weighted by Gasteiger charge is 2.01. The minimum atomic E-state index is -0.0811. The number of benzene rings is 1. The van der Waals surface area contributed by atoms with Crippen LogP contribution in [-0.2, 0) is 6.61 Å². The zero-order valence-corrected chi connectivity index (χ0v) is 9.11. The topological polar surface area (TPSA) is 50.9 Å². The molecule has 0 aliphatic rings. The molecule has 0 saturated heterocycles. The first-order chi connectivity index (χ1) is 7.33. The van der Waals surface area contributed by atoms with Crippen LogP contribution < -0.4 is 0 Å². The molecule has 0 aliphatic carbocycles. The van der Waals surface area contributed by atoms with Crippen LogP contribution in [0, 0.1) is 0 Å². The van der Waals surface area contributed by atoms with Gasteiger partial charge in [-0.2, -0.15) is 0 Å². The molecule has 1 aromatic carbocycles. The average molecular weight is 221 g/mol. The van der Waals surface area contributed by atoms with Gasteiger partial charge in [0.1, 0.15) is 5.69 Å². The summed E-state index contributed by atoms with van der Waals surface area (Å²) in [6.45, 7) is -0.0811. The Hall–Kier alpha value is -1.33. The smallest absolute Gasteiger partial charge is 0.109 e. The molecule has 78 valence electrons. The van der Waals surface area contributed by atoms with Crippen molar-refractivity contribution in [1.82, 2.24) is 15.0 Å². The third-order valence-electron chi connectivity index (χ3n) is 2.02. The second kappa shape index (κ2) is 4.46. The van der Waals surface area contributed by atoms with Crippen molar-refractivity contribution in [2.24, 2.45) is 0 Å². The summed E-state index contributed by atoms with van der Waals surface area (Å²) in [6, 6.07) is 8.00. The van der Waals surface area contributed by atoms with Crippen LogP contribution in [0.1, 0.15) is 5.69 Å². The fourth-order valence-electron chi connectivity index (χ4n) is 1.25. The molecular weight excluding hydrogens is 210 g/mol. The van der Waals surface area contributed by atoms with Crippen LogP contribution >= 0.6 is 11.8 Å². The summed E-state index contributed by atoms with van der Waals surface area (Å²) < 4.78 is 1.66. The number of rotatable bonds is 3. The number of thioether (sulfide) groups is 1. The van der Waals surface area contributed by atoms with Gasteiger partial charge in [0.05, 0.1) is 18.5 Å². The lowest BCUT2D eigenvalue weighted by Gasteiger charge is -2.01. The van der Waals surface area contributed by atoms with Gasteiger partial charge >= 0.3 is 0 Å². The average Bonchev–Trinajstić information content (AvgIpc) is 2.78. The quantitative estimate of drug-likeness (QED) is 0.798. The SMILES string of the molecule is CSc1cccc(-n2cc(CO)nn2)c1. The predicted molar refractivity (Wildman–Crippen MR) is 59.1 cm³/mol. The summed E-state index contributed by atoms with van der Waals surface area (Å²) in [7, 11) is 0. The van der Waals surface area contributed by atoms with Gasteiger partial charge in [-0.25, -0.2) is 4.68 Å². The number of hydrogen-bond acceptors (Lipinski definition) is 4. The van der Waals surface area contributed by atoms with Crippen LogP contribution in [0.2, 0.25) is 0 Å². The van der Waals surface area contributed by atoms with Gasteiger partial charge in [-0.15, -0.1) is 16.9 Å². The molecular formula is C10H11N3OS. The van der Waals surface area contributed by atoms with Gasteiger partial charge in [-0.3, -0.25) is 0 Å². The number of nitrogens with zero attached hydrogens (tertiary/aromatic N) is 3. The molecule has 0 saturated carbocycles. The highest BCUT2D eigenvalue weighted by atomic mass is 32.2. The van der Waals surface area contributed by atoms with E-state index in [1.165, 1.54) is 4.90 Å². The van der Waals surface area contributed by atoms with Crippen LogP contribution in [-0.4, -0.2) is 26.4 Å². The fourth-order valence-corrected chi connectivity index (χ4v) is 1.70. The predicted octanol–water partition coefficient (Wildman–Crippen LogP) is 1.48. The Morgan fingerprint density at radius 1 is 1.47 bits per heavy atom. The molecule has 1 aromatic heterocycles. The molecule has 1 heterocycles. The van der Waals surface area contributed by atoms with Crippen LogP contribution in [0.4, 0.5) is 0 Å². The molecule has 0 aliphatic heterocycles. The first-order valence-corrected chi connectivity index (χ1v) is 5.72. The molecule has 5 heteroatoms. The molecule has 0 amide bonds. The summed E-state index contributed by atoms with van der Waals surface area (Å²) in [5.74, 6) is 0. The van der Waals surface area contributed by atoms with E-state index in [1.54, 1.807) is 22.6 Å². The second-order valence-corrected chi connectivity index (χ2v) is 3.89. The maximum Gasteiger partial charge on any atom is 0.109 e. The van der Waals surface area contributed by atoms with E-state index in [0.29, 0.717) is 5.69 Å². The van der Waals surface area contributed by atoms with Gasteiger partial charge in [0.25, 0.3) is 0 Å². The summed E-state index contributed by atoms with van der Waals surface area (Å²) in [5.41, 5.74) is 1.53. The van der Waals surface area contributed by atoms with E-state index in [4.69, 9.17) is 5.11 Å². The van der Waals surface area contributed by atoms with E-state index in [2.05, 4.69) is 10.3 Å². The van der Waals surface area contributed by atoms with Crippen molar-refractivity contribution >= 4 is 11.8 Å². The van der Waals surface area contributed by atoms with Gasteiger partial charge in [0.15, 0.2) is 0 Å². The first-order valence-electron chi connectivity index (χ1n) is 4.50. The molecule has 0 radical (unpaired) electrons. The van der Waals surface area contributed by atoms with Gasteiger partial charge in [-0.1, -0.05) is 11.3 Å². The summed E-state index contributed by atoms with van der Waals surface area (Å²) in [6.07, 6.45) is 3.75. The highest BCUT2D eigenvalue weighted by molar-refractivity contribution is 7.98. The van der Waals surface area contributed by atoms with E-state index in [0.717, 1.165) is 5.69 Å². The highest BCUT2D eigenvalue weighted by Crippen LogP contribution is 2.17. The summed E-state index contributed by atoms with van der Waals surface area (Å²) in [4.78, 5) is 1.17.